The Kier molecular flexibility index (Phi) is 4.81. The lowest BCUT2D eigenvalue weighted by atomic mass is 9.89. The topological polar surface area (TPSA) is 43.4 Å². The molecule has 0 amide bonds. The molecule has 0 aliphatic carbocycles. The fraction of sp³-hybridized carbons (Fsp3) is 0.818. The molecule has 0 saturated heterocycles. The highest BCUT2D eigenvalue weighted by Crippen LogP contribution is 2.20. The number of hydrogen-bond acceptors (Lipinski definition) is 3. The van der Waals surface area contributed by atoms with Crippen molar-refractivity contribution in [1.82, 2.24) is 0 Å². The zero-order valence-corrected chi connectivity index (χ0v) is 9.72. The summed E-state index contributed by atoms with van der Waals surface area (Å²) in [5.74, 6) is -1.13. The molecule has 0 atom stereocenters. The van der Waals surface area contributed by atoms with Gasteiger partial charge in [-0.3, -0.25) is 4.79 Å². The van der Waals surface area contributed by atoms with Crippen LogP contribution in [0.5, 0.6) is 0 Å². The largest absolute Gasteiger partial charge is 0.457 e. The van der Waals surface area contributed by atoms with Crippen LogP contribution in [0.15, 0.2) is 0 Å². The van der Waals surface area contributed by atoms with Crippen LogP contribution in [0.3, 0.4) is 0 Å². The predicted octanol–water partition coefficient (Wildman–Crippen LogP) is 2.33. The summed E-state index contributed by atoms with van der Waals surface area (Å²) in [5.41, 5.74) is 0.0772. The van der Waals surface area contributed by atoms with Crippen LogP contribution in [0.4, 0.5) is 0 Å². The summed E-state index contributed by atoms with van der Waals surface area (Å²) in [6.07, 6.45) is 0.759. The average Bonchev–Trinajstić information content (AvgIpc) is 1.97. The molecule has 0 saturated carbocycles. The van der Waals surface area contributed by atoms with Crippen molar-refractivity contribution in [2.75, 3.05) is 0 Å². The van der Waals surface area contributed by atoms with Crippen LogP contribution >= 0.6 is 0 Å². The molecular weight excluding hydrogens is 180 g/mol. The van der Waals surface area contributed by atoms with Crippen molar-refractivity contribution < 1.29 is 14.3 Å². The van der Waals surface area contributed by atoms with Crippen molar-refractivity contribution >= 4 is 11.8 Å². The molecule has 0 spiro atoms. The second kappa shape index (κ2) is 5.13. The molecule has 0 unspecified atom stereocenters. The minimum Gasteiger partial charge on any atom is -0.457 e. The molecule has 3 nitrogen and oxygen atoms in total. The lowest BCUT2D eigenvalue weighted by Crippen LogP contribution is -2.22. The van der Waals surface area contributed by atoms with E-state index < -0.39 is 11.8 Å². The van der Waals surface area contributed by atoms with E-state index >= 15 is 0 Å². The number of Topliss-reactive ketones (excluding diaryl/α,β-unsaturated/α-hetero) is 1. The monoisotopic (exact) mass is 200 g/mol. The molecular formula is C11H20O3. The van der Waals surface area contributed by atoms with Gasteiger partial charge in [0.2, 0.25) is 5.78 Å². The minimum absolute atomic E-state index is 0.0772. The smallest absolute Gasteiger partial charge is 0.374 e. The Morgan fingerprint density at radius 3 is 2.07 bits per heavy atom. The van der Waals surface area contributed by atoms with Gasteiger partial charge in [-0.25, -0.2) is 4.79 Å². The molecule has 0 aromatic heterocycles. The van der Waals surface area contributed by atoms with Crippen LogP contribution in [0.25, 0.3) is 0 Å². The van der Waals surface area contributed by atoms with Gasteiger partial charge in [0.1, 0.15) is 0 Å². The van der Waals surface area contributed by atoms with Crippen molar-refractivity contribution in [2.24, 2.45) is 5.41 Å². The van der Waals surface area contributed by atoms with Crippen molar-refractivity contribution in [2.45, 2.75) is 53.6 Å². The van der Waals surface area contributed by atoms with Crippen LogP contribution in [-0.2, 0) is 14.3 Å². The van der Waals surface area contributed by atoms with E-state index in [0.717, 1.165) is 0 Å². The zero-order chi connectivity index (χ0) is 11.4. The van der Waals surface area contributed by atoms with Gasteiger partial charge >= 0.3 is 5.97 Å². The standard InChI is InChI=1S/C11H20O3/c1-8(2)14-10(13)9(12)6-7-11(3,4)5/h8H,6-7H2,1-5H3. The molecule has 0 rings (SSSR count). The van der Waals surface area contributed by atoms with Crippen LogP contribution in [-0.4, -0.2) is 17.9 Å². The van der Waals surface area contributed by atoms with E-state index in [9.17, 15) is 9.59 Å². The highest BCUT2D eigenvalue weighted by Gasteiger charge is 2.19. The molecule has 0 aromatic carbocycles. The fourth-order valence-corrected chi connectivity index (χ4v) is 0.870. The van der Waals surface area contributed by atoms with Gasteiger partial charge in [0.05, 0.1) is 6.10 Å². The summed E-state index contributed by atoms with van der Waals surface area (Å²) in [6.45, 7) is 9.57. The third-order valence-corrected chi connectivity index (χ3v) is 1.67. The van der Waals surface area contributed by atoms with Crippen LogP contribution in [0.2, 0.25) is 0 Å². The molecule has 0 bridgehead atoms. The quantitative estimate of drug-likeness (QED) is 0.516. The minimum atomic E-state index is -0.704. The van der Waals surface area contributed by atoms with Crippen LogP contribution < -0.4 is 0 Å². The number of rotatable bonds is 4. The maximum Gasteiger partial charge on any atom is 0.374 e. The summed E-state index contributed by atoms with van der Waals surface area (Å²) in [6, 6.07) is 0. The van der Waals surface area contributed by atoms with Crippen molar-refractivity contribution in [1.29, 1.82) is 0 Å². The molecule has 3 heteroatoms. The first kappa shape index (κ1) is 13.1. The molecule has 0 fully saturated rings. The van der Waals surface area contributed by atoms with Crippen molar-refractivity contribution in [3.05, 3.63) is 0 Å². The summed E-state index contributed by atoms with van der Waals surface area (Å²) < 4.78 is 4.79. The summed E-state index contributed by atoms with van der Waals surface area (Å²) in [5, 5.41) is 0. The molecule has 0 N–H and O–H groups in total. The lowest BCUT2D eigenvalue weighted by Gasteiger charge is -2.16. The van der Waals surface area contributed by atoms with Gasteiger partial charge < -0.3 is 4.74 Å². The van der Waals surface area contributed by atoms with Crippen molar-refractivity contribution in [3.63, 3.8) is 0 Å². The molecule has 14 heavy (non-hydrogen) atoms. The maximum absolute atomic E-state index is 11.3. The first-order chi connectivity index (χ1) is 6.22. The van der Waals surface area contributed by atoms with E-state index in [1.807, 2.05) is 20.8 Å². The predicted molar refractivity (Wildman–Crippen MR) is 54.9 cm³/mol. The Labute approximate surface area is 85.8 Å². The molecule has 82 valence electrons. The van der Waals surface area contributed by atoms with E-state index in [1.165, 1.54) is 0 Å². The fourth-order valence-electron chi connectivity index (χ4n) is 0.870. The van der Waals surface area contributed by atoms with Crippen LogP contribution in [0, 0.1) is 5.41 Å². The van der Waals surface area contributed by atoms with E-state index in [0.29, 0.717) is 6.42 Å². The first-order valence-corrected chi connectivity index (χ1v) is 4.96. The van der Waals surface area contributed by atoms with E-state index in [2.05, 4.69) is 0 Å². The van der Waals surface area contributed by atoms with Gasteiger partial charge in [0.25, 0.3) is 0 Å². The van der Waals surface area contributed by atoms with Gasteiger partial charge in [0.15, 0.2) is 0 Å². The Morgan fingerprint density at radius 1 is 1.21 bits per heavy atom. The highest BCUT2D eigenvalue weighted by molar-refractivity contribution is 6.33. The Bertz CT molecular complexity index is 211. The molecule has 0 aliphatic rings. The van der Waals surface area contributed by atoms with E-state index in [4.69, 9.17) is 4.74 Å². The van der Waals surface area contributed by atoms with E-state index in [1.54, 1.807) is 13.8 Å². The number of ketones is 1. The molecule has 0 heterocycles. The van der Waals surface area contributed by atoms with Gasteiger partial charge in [-0.1, -0.05) is 20.8 Å². The number of carbonyl (C=O) groups is 2. The normalized spacial score (nSPS) is 11.6. The Balaban J connectivity index is 3.92. The second-order valence-electron chi connectivity index (χ2n) is 4.94. The molecule has 0 aliphatic heterocycles. The number of ether oxygens (including phenoxy) is 1. The lowest BCUT2D eigenvalue weighted by molar-refractivity contribution is -0.156. The van der Waals surface area contributed by atoms with E-state index in [-0.39, 0.29) is 17.9 Å². The Morgan fingerprint density at radius 2 is 1.71 bits per heavy atom. The summed E-state index contributed by atoms with van der Waals surface area (Å²) >= 11 is 0. The Hall–Kier alpha value is -0.860. The average molecular weight is 200 g/mol. The molecule has 0 aromatic rings. The van der Waals surface area contributed by atoms with Crippen molar-refractivity contribution in [3.8, 4) is 0 Å². The highest BCUT2D eigenvalue weighted by atomic mass is 16.5. The maximum atomic E-state index is 11.3. The SMILES string of the molecule is CC(C)OC(=O)C(=O)CCC(C)(C)C. The number of hydrogen-bond donors (Lipinski definition) is 0. The van der Waals surface area contributed by atoms with Crippen LogP contribution in [0.1, 0.15) is 47.5 Å². The zero-order valence-electron chi connectivity index (χ0n) is 9.72. The molecule has 0 radical (unpaired) electrons. The van der Waals surface area contributed by atoms with Gasteiger partial charge in [-0.2, -0.15) is 0 Å². The van der Waals surface area contributed by atoms with Gasteiger partial charge in [-0.15, -0.1) is 0 Å². The second-order valence-corrected chi connectivity index (χ2v) is 4.94. The van der Waals surface area contributed by atoms with Gasteiger partial charge in [-0.05, 0) is 25.7 Å². The first-order valence-electron chi connectivity index (χ1n) is 4.96. The third-order valence-electron chi connectivity index (χ3n) is 1.67. The summed E-state index contributed by atoms with van der Waals surface area (Å²) in [7, 11) is 0. The third kappa shape index (κ3) is 6.63. The van der Waals surface area contributed by atoms with Gasteiger partial charge in [0, 0.05) is 6.42 Å². The number of esters is 1. The summed E-state index contributed by atoms with van der Waals surface area (Å²) in [4.78, 5) is 22.3. The number of carbonyl (C=O) groups excluding carboxylic acids is 2.